The molecule has 78 heavy (non-hydrogen) atoms. The molecule has 0 aromatic rings. The number of aliphatic hydroxyl groups is 5. The van der Waals surface area contributed by atoms with Gasteiger partial charge in [0.25, 0.3) is 0 Å². The van der Waals surface area contributed by atoms with Crippen LogP contribution in [0.4, 0.5) is 0 Å². The fourth-order valence-electron chi connectivity index (χ4n) is 10.8. The molecule has 460 valence electrons. The van der Waals surface area contributed by atoms with Gasteiger partial charge in [0.15, 0.2) is 12.4 Å². The maximum Gasteiger partial charge on any atom is 0.306 e. The summed E-state index contributed by atoms with van der Waals surface area (Å²) in [5.74, 6) is -1.18. The molecule has 6 N–H and O–H groups in total. The molecule has 1 amide bonds. The van der Waals surface area contributed by atoms with Gasteiger partial charge in [-0.05, 0) is 51.4 Å². The Labute approximate surface area is 480 Å². The van der Waals surface area contributed by atoms with Crippen LogP contribution in [0.15, 0.2) is 24.3 Å². The van der Waals surface area contributed by atoms with E-state index < -0.39 is 67.4 Å². The number of nitrogens with one attached hydrogen (secondary N) is 1. The van der Waals surface area contributed by atoms with Crippen LogP contribution in [0.25, 0.3) is 0 Å². The van der Waals surface area contributed by atoms with Crippen molar-refractivity contribution in [1.82, 2.24) is 5.32 Å². The number of hydrogen-bond acceptors (Lipinski definition) is 10. The van der Waals surface area contributed by atoms with E-state index in [9.17, 15) is 35.1 Å². The normalized spacial score (nSPS) is 19.0. The zero-order chi connectivity index (χ0) is 56.8. The second-order valence-electron chi connectivity index (χ2n) is 23.6. The number of carbonyl (C=O) groups is 2. The molecule has 1 rings (SSSR count). The molecular weight excluding hydrogens is 979 g/mol. The van der Waals surface area contributed by atoms with Crippen molar-refractivity contribution in [3.05, 3.63) is 24.3 Å². The lowest BCUT2D eigenvalue weighted by Crippen LogP contribution is -2.61. The van der Waals surface area contributed by atoms with E-state index in [-0.39, 0.29) is 13.0 Å². The van der Waals surface area contributed by atoms with Crippen LogP contribution >= 0.6 is 0 Å². The van der Waals surface area contributed by atoms with Crippen LogP contribution in [0, 0.1) is 0 Å². The summed E-state index contributed by atoms with van der Waals surface area (Å²) in [6.07, 6.45) is 55.0. The van der Waals surface area contributed by atoms with E-state index in [1.54, 1.807) is 6.08 Å². The lowest BCUT2D eigenvalue weighted by atomic mass is 9.99. The Kier molecular flexibility index (Phi) is 52.9. The summed E-state index contributed by atoms with van der Waals surface area (Å²) in [4.78, 5) is 26.6. The van der Waals surface area contributed by atoms with E-state index in [1.807, 2.05) is 6.08 Å². The van der Waals surface area contributed by atoms with Crippen molar-refractivity contribution >= 4 is 11.9 Å². The highest BCUT2D eigenvalue weighted by atomic mass is 16.7. The largest absolute Gasteiger partial charge is 0.454 e. The zero-order valence-corrected chi connectivity index (χ0v) is 51.1. The predicted molar refractivity (Wildman–Crippen MR) is 324 cm³/mol. The molecule has 8 atom stereocenters. The number of unbranched alkanes of at least 4 members (excludes halogenated alkanes) is 42. The Morgan fingerprint density at radius 2 is 0.846 bits per heavy atom. The lowest BCUT2D eigenvalue weighted by molar-refractivity contribution is -0.305. The minimum Gasteiger partial charge on any atom is -0.454 e. The quantitative estimate of drug-likeness (QED) is 0.0195. The molecular formula is C67H127NO10. The average molecular weight is 1110 g/mol. The topological polar surface area (TPSA) is 175 Å². The summed E-state index contributed by atoms with van der Waals surface area (Å²) in [6.45, 7) is 5.83. The molecule has 0 bridgehead atoms. The second kappa shape index (κ2) is 55.7. The van der Waals surface area contributed by atoms with E-state index in [2.05, 4.69) is 38.2 Å². The van der Waals surface area contributed by atoms with Gasteiger partial charge in [0.2, 0.25) is 5.91 Å². The summed E-state index contributed by atoms with van der Waals surface area (Å²) in [6, 6.07) is -1.02. The van der Waals surface area contributed by atoms with E-state index >= 15 is 0 Å². The first kappa shape index (κ1) is 74.2. The molecule has 8 unspecified atom stereocenters. The summed E-state index contributed by atoms with van der Waals surface area (Å²) in [7, 11) is 0. The Morgan fingerprint density at radius 1 is 0.487 bits per heavy atom. The third-order valence-electron chi connectivity index (χ3n) is 16.1. The zero-order valence-electron chi connectivity index (χ0n) is 51.1. The first-order valence-electron chi connectivity index (χ1n) is 33.6. The van der Waals surface area contributed by atoms with Gasteiger partial charge in [-0.2, -0.15) is 0 Å². The number of aliphatic hydroxyl groups excluding tert-OH is 5. The number of hydrogen-bond donors (Lipinski definition) is 6. The van der Waals surface area contributed by atoms with Crippen molar-refractivity contribution < 1.29 is 49.3 Å². The highest BCUT2D eigenvalue weighted by molar-refractivity contribution is 5.80. The van der Waals surface area contributed by atoms with Gasteiger partial charge in [-0.15, -0.1) is 0 Å². The van der Waals surface area contributed by atoms with Crippen molar-refractivity contribution in [2.45, 2.75) is 378 Å². The van der Waals surface area contributed by atoms with Crippen molar-refractivity contribution in [1.29, 1.82) is 0 Å². The van der Waals surface area contributed by atoms with Gasteiger partial charge in [0, 0.05) is 6.42 Å². The van der Waals surface area contributed by atoms with Crippen LogP contribution < -0.4 is 5.32 Å². The van der Waals surface area contributed by atoms with Crippen LogP contribution in [0.2, 0.25) is 0 Å². The van der Waals surface area contributed by atoms with Gasteiger partial charge in [-0.3, -0.25) is 9.59 Å². The highest BCUT2D eigenvalue weighted by Crippen LogP contribution is 2.26. The molecule has 11 heteroatoms. The standard InChI is InChI=1S/C67H127NO10/c1-4-7-10-13-16-19-22-25-27-29-31-33-35-37-40-43-46-49-52-55-62(72)78-65-64(74)63(73)61(56-69)77-67(65)76-57-58(59(70)53-50-47-44-41-38-24-21-18-15-12-9-6-3)68-66(75)60(71)54-51-48-45-42-39-36-34-32-30-28-26-23-20-17-14-11-8-5-2/h26,28,50,53,58-61,63-65,67,69-71,73-74H,4-25,27,29-49,51-52,54-57H2,1-3H3,(H,68,75)/b28-26+,53-50+. The van der Waals surface area contributed by atoms with Crippen LogP contribution in [-0.2, 0) is 23.8 Å². The fourth-order valence-corrected chi connectivity index (χ4v) is 10.8. The molecule has 0 aliphatic carbocycles. The van der Waals surface area contributed by atoms with Gasteiger partial charge >= 0.3 is 5.97 Å². The molecule has 11 nitrogen and oxygen atoms in total. The van der Waals surface area contributed by atoms with Gasteiger partial charge in [-0.1, -0.05) is 295 Å². The number of amides is 1. The molecule has 1 fully saturated rings. The molecule has 1 saturated heterocycles. The SMILES string of the molecule is CCCCCCCC/C=C/CCCCCCCCCCC(O)C(=O)NC(COC1OC(CO)C(O)C(O)C1OC(=O)CCCCCCCCCCCCCCCCCCCCC)C(O)/C=C/CCCCCCCCCCCC. The van der Waals surface area contributed by atoms with Crippen LogP contribution in [0.5, 0.6) is 0 Å². The summed E-state index contributed by atoms with van der Waals surface area (Å²) >= 11 is 0. The monoisotopic (exact) mass is 1110 g/mol. The van der Waals surface area contributed by atoms with Gasteiger partial charge in [0.1, 0.15) is 24.4 Å². The number of allylic oxidation sites excluding steroid dienone is 3. The number of carbonyl (C=O) groups excluding carboxylic acids is 2. The second-order valence-corrected chi connectivity index (χ2v) is 23.6. The first-order valence-corrected chi connectivity index (χ1v) is 33.6. The lowest BCUT2D eigenvalue weighted by Gasteiger charge is -2.41. The van der Waals surface area contributed by atoms with Crippen LogP contribution in [0.1, 0.15) is 329 Å². The van der Waals surface area contributed by atoms with E-state index in [0.717, 1.165) is 64.2 Å². The minimum absolute atomic E-state index is 0.130. The Hall–Kier alpha value is -1.86. The minimum atomic E-state index is -1.61. The number of rotatable bonds is 58. The smallest absolute Gasteiger partial charge is 0.306 e. The van der Waals surface area contributed by atoms with Gasteiger partial charge in [0.05, 0.1) is 25.4 Å². The van der Waals surface area contributed by atoms with Crippen LogP contribution in [-0.4, -0.2) is 99.6 Å². The number of esters is 1. The maximum absolute atomic E-state index is 13.4. The molecule has 1 heterocycles. The molecule has 0 saturated carbocycles. The summed E-state index contributed by atoms with van der Waals surface area (Å²) in [5, 5.41) is 57.1. The van der Waals surface area contributed by atoms with Crippen molar-refractivity contribution in [3.8, 4) is 0 Å². The Bertz CT molecular complexity index is 1360. The third kappa shape index (κ3) is 42.9. The first-order chi connectivity index (χ1) is 38.2. The molecule has 0 aromatic heterocycles. The van der Waals surface area contributed by atoms with E-state index in [0.29, 0.717) is 19.3 Å². The van der Waals surface area contributed by atoms with Crippen molar-refractivity contribution in [2.75, 3.05) is 13.2 Å². The predicted octanol–water partition coefficient (Wildman–Crippen LogP) is 16.5. The average Bonchev–Trinajstić information content (AvgIpc) is 3.44. The third-order valence-corrected chi connectivity index (χ3v) is 16.1. The van der Waals surface area contributed by atoms with Crippen molar-refractivity contribution in [2.24, 2.45) is 0 Å². The van der Waals surface area contributed by atoms with Crippen molar-refractivity contribution in [3.63, 3.8) is 0 Å². The van der Waals surface area contributed by atoms with Gasteiger partial charge in [-0.25, -0.2) is 0 Å². The number of ether oxygens (including phenoxy) is 3. The molecule has 0 radical (unpaired) electrons. The summed E-state index contributed by atoms with van der Waals surface area (Å²) in [5.41, 5.74) is 0. The van der Waals surface area contributed by atoms with Crippen LogP contribution in [0.3, 0.4) is 0 Å². The fraction of sp³-hybridized carbons (Fsp3) is 0.910. The van der Waals surface area contributed by atoms with Gasteiger partial charge < -0.3 is 45.1 Å². The molecule has 1 aliphatic rings. The van der Waals surface area contributed by atoms with E-state index in [4.69, 9.17) is 14.2 Å². The summed E-state index contributed by atoms with van der Waals surface area (Å²) < 4.78 is 17.7. The maximum atomic E-state index is 13.4. The molecule has 0 spiro atoms. The Morgan fingerprint density at radius 3 is 1.24 bits per heavy atom. The van der Waals surface area contributed by atoms with E-state index in [1.165, 1.54) is 218 Å². The Balaban J connectivity index is 2.62. The molecule has 0 aromatic carbocycles. The highest BCUT2D eigenvalue weighted by Gasteiger charge is 2.47. The molecule has 1 aliphatic heterocycles.